The molecule has 4 nitrogen and oxygen atoms in total. The molecule has 4 heteroatoms. The monoisotopic (exact) mass is 243 g/mol. The van der Waals surface area contributed by atoms with Crippen LogP contribution in [0.15, 0.2) is 30.5 Å². The second kappa shape index (κ2) is 4.90. The Hall–Kier alpha value is -1.68. The van der Waals surface area contributed by atoms with Crippen molar-refractivity contribution in [2.24, 2.45) is 0 Å². The maximum Gasteiger partial charge on any atom is 0.148 e. The lowest BCUT2D eigenvalue weighted by Crippen LogP contribution is -2.42. The van der Waals surface area contributed by atoms with Gasteiger partial charge in [-0.3, -0.25) is 4.98 Å². The van der Waals surface area contributed by atoms with E-state index in [-0.39, 0.29) is 12.6 Å². The van der Waals surface area contributed by atoms with Gasteiger partial charge in [-0.05, 0) is 31.4 Å². The van der Waals surface area contributed by atoms with E-state index in [9.17, 15) is 5.11 Å². The van der Waals surface area contributed by atoms with Gasteiger partial charge in [0.1, 0.15) is 5.82 Å². The predicted octanol–water partition coefficient (Wildman–Crippen LogP) is 1.98. The first-order chi connectivity index (χ1) is 8.88. The molecular weight excluding hydrogens is 226 g/mol. The van der Waals surface area contributed by atoms with Crippen molar-refractivity contribution >= 4 is 16.9 Å². The summed E-state index contributed by atoms with van der Waals surface area (Å²) in [6.45, 7) is 1.15. The first-order valence-corrected chi connectivity index (χ1v) is 6.48. The molecule has 2 heterocycles. The number of anilines is 1. The van der Waals surface area contributed by atoms with E-state index >= 15 is 0 Å². The molecule has 1 N–H and O–H groups in total. The molecule has 1 aliphatic heterocycles. The number of benzene rings is 1. The van der Waals surface area contributed by atoms with Crippen molar-refractivity contribution in [3.63, 3.8) is 0 Å². The van der Waals surface area contributed by atoms with Gasteiger partial charge in [0.25, 0.3) is 0 Å². The van der Waals surface area contributed by atoms with Crippen LogP contribution in [0.4, 0.5) is 5.82 Å². The molecule has 2 aromatic rings. The highest BCUT2D eigenvalue weighted by atomic mass is 16.3. The minimum absolute atomic E-state index is 0.189. The molecule has 1 saturated heterocycles. The van der Waals surface area contributed by atoms with Crippen LogP contribution in [0.25, 0.3) is 11.0 Å². The summed E-state index contributed by atoms with van der Waals surface area (Å²) >= 11 is 0. The van der Waals surface area contributed by atoms with Crippen molar-refractivity contribution in [3.05, 3.63) is 30.5 Å². The molecule has 3 rings (SSSR count). The van der Waals surface area contributed by atoms with Crippen LogP contribution < -0.4 is 4.90 Å². The average Bonchev–Trinajstić information content (AvgIpc) is 2.46. The second-order valence-electron chi connectivity index (χ2n) is 4.74. The third kappa shape index (κ3) is 2.04. The van der Waals surface area contributed by atoms with Crippen molar-refractivity contribution in [2.75, 3.05) is 18.1 Å². The molecule has 18 heavy (non-hydrogen) atoms. The van der Waals surface area contributed by atoms with Crippen LogP contribution in [-0.4, -0.2) is 34.3 Å². The van der Waals surface area contributed by atoms with Crippen molar-refractivity contribution in [1.29, 1.82) is 0 Å². The molecular formula is C14H17N3O. The zero-order valence-electron chi connectivity index (χ0n) is 10.3. The number of hydrogen-bond acceptors (Lipinski definition) is 4. The quantitative estimate of drug-likeness (QED) is 0.876. The fourth-order valence-corrected chi connectivity index (χ4v) is 2.58. The molecule has 0 spiro atoms. The molecule has 0 bridgehead atoms. The van der Waals surface area contributed by atoms with Gasteiger partial charge in [-0.15, -0.1) is 0 Å². The molecule has 94 valence electrons. The van der Waals surface area contributed by atoms with Crippen LogP contribution in [0.1, 0.15) is 19.3 Å². The third-order valence-electron chi connectivity index (χ3n) is 3.57. The van der Waals surface area contributed by atoms with Crippen LogP contribution in [0.5, 0.6) is 0 Å². The number of hydrogen-bond donors (Lipinski definition) is 1. The van der Waals surface area contributed by atoms with Crippen molar-refractivity contribution in [1.82, 2.24) is 9.97 Å². The molecule has 1 aromatic carbocycles. The van der Waals surface area contributed by atoms with Crippen molar-refractivity contribution < 1.29 is 5.11 Å². The lowest BCUT2D eigenvalue weighted by Gasteiger charge is -2.35. The predicted molar refractivity (Wildman–Crippen MR) is 71.6 cm³/mol. The number of nitrogens with zero attached hydrogens (tertiary/aromatic N) is 3. The van der Waals surface area contributed by atoms with Gasteiger partial charge in [0.2, 0.25) is 0 Å². The minimum atomic E-state index is 0.189. The second-order valence-corrected chi connectivity index (χ2v) is 4.74. The van der Waals surface area contributed by atoms with Gasteiger partial charge in [-0.2, -0.15) is 0 Å². The van der Waals surface area contributed by atoms with Crippen LogP contribution in [0.3, 0.4) is 0 Å². The Morgan fingerprint density at radius 3 is 2.89 bits per heavy atom. The first kappa shape index (κ1) is 11.4. The van der Waals surface area contributed by atoms with Crippen LogP contribution in [0, 0.1) is 0 Å². The summed E-state index contributed by atoms with van der Waals surface area (Å²) in [5, 5.41) is 9.45. The average molecular weight is 243 g/mol. The number of aliphatic hydroxyl groups excluding tert-OH is 1. The van der Waals surface area contributed by atoms with E-state index in [1.165, 1.54) is 6.42 Å². The number of para-hydroxylation sites is 2. The SMILES string of the molecule is OC[C@@H]1CCCCN1c1cnc2ccccc2n1. The van der Waals surface area contributed by atoms with E-state index in [0.717, 1.165) is 36.2 Å². The molecule has 0 radical (unpaired) electrons. The summed E-state index contributed by atoms with van der Waals surface area (Å²) in [5.74, 6) is 0.882. The smallest absolute Gasteiger partial charge is 0.148 e. The van der Waals surface area contributed by atoms with E-state index in [1.807, 2.05) is 30.5 Å². The molecule has 1 aliphatic rings. The third-order valence-corrected chi connectivity index (χ3v) is 3.57. The highest BCUT2D eigenvalue weighted by molar-refractivity contribution is 5.75. The summed E-state index contributed by atoms with van der Waals surface area (Å²) in [6, 6.07) is 8.07. The summed E-state index contributed by atoms with van der Waals surface area (Å²) in [6.07, 6.45) is 5.19. The number of aromatic nitrogens is 2. The molecule has 1 atom stereocenters. The van der Waals surface area contributed by atoms with Gasteiger partial charge >= 0.3 is 0 Å². The van der Waals surface area contributed by atoms with Gasteiger partial charge in [0.05, 0.1) is 29.9 Å². The van der Waals surface area contributed by atoms with E-state index in [1.54, 1.807) is 0 Å². The zero-order valence-corrected chi connectivity index (χ0v) is 10.3. The number of piperidine rings is 1. The van der Waals surface area contributed by atoms with Gasteiger partial charge in [0, 0.05) is 6.54 Å². The van der Waals surface area contributed by atoms with Crippen molar-refractivity contribution in [3.8, 4) is 0 Å². The standard InChI is InChI=1S/C14H17N3O/c18-10-11-5-3-4-8-17(11)14-9-15-12-6-1-2-7-13(12)16-14/h1-2,6-7,9,11,18H,3-5,8,10H2/t11-/m0/s1. The Bertz CT molecular complexity index is 543. The zero-order chi connectivity index (χ0) is 12.4. The highest BCUT2D eigenvalue weighted by Crippen LogP contribution is 2.23. The highest BCUT2D eigenvalue weighted by Gasteiger charge is 2.23. The van der Waals surface area contributed by atoms with Crippen LogP contribution in [-0.2, 0) is 0 Å². The fraction of sp³-hybridized carbons (Fsp3) is 0.429. The van der Waals surface area contributed by atoms with E-state index in [2.05, 4.69) is 14.9 Å². The Labute approximate surface area is 106 Å². The number of rotatable bonds is 2. The largest absolute Gasteiger partial charge is 0.394 e. The lowest BCUT2D eigenvalue weighted by atomic mass is 10.0. The van der Waals surface area contributed by atoms with Gasteiger partial charge in [0.15, 0.2) is 0 Å². The Morgan fingerprint density at radius 1 is 1.22 bits per heavy atom. The number of aliphatic hydroxyl groups is 1. The maximum absolute atomic E-state index is 9.45. The molecule has 1 fully saturated rings. The van der Waals surface area contributed by atoms with Gasteiger partial charge in [-0.1, -0.05) is 12.1 Å². The van der Waals surface area contributed by atoms with Gasteiger partial charge in [-0.25, -0.2) is 4.98 Å². The van der Waals surface area contributed by atoms with Crippen molar-refractivity contribution in [2.45, 2.75) is 25.3 Å². The normalized spacial score (nSPS) is 20.3. The van der Waals surface area contributed by atoms with E-state index < -0.39 is 0 Å². The molecule has 0 aliphatic carbocycles. The summed E-state index contributed by atoms with van der Waals surface area (Å²) in [7, 11) is 0. The molecule has 0 saturated carbocycles. The van der Waals surface area contributed by atoms with Crippen LogP contribution in [0.2, 0.25) is 0 Å². The van der Waals surface area contributed by atoms with E-state index in [0.29, 0.717) is 0 Å². The molecule has 0 amide bonds. The molecule has 1 aromatic heterocycles. The van der Waals surface area contributed by atoms with Crippen LogP contribution >= 0.6 is 0 Å². The Kier molecular flexibility index (Phi) is 3.11. The minimum Gasteiger partial charge on any atom is -0.394 e. The summed E-state index contributed by atoms with van der Waals surface area (Å²) in [5.41, 5.74) is 1.83. The van der Waals surface area contributed by atoms with E-state index in [4.69, 9.17) is 0 Å². The summed E-state index contributed by atoms with van der Waals surface area (Å²) < 4.78 is 0. The first-order valence-electron chi connectivity index (χ1n) is 6.48. The lowest BCUT2D eigenvalue weighted by molar-refractivity contribution is 0.239. The Morgan fingerprint density at radius 2 is 2.06 bits per heavy atom. The fourth-order valence-electron chi connectivity index (χ4n) is 2.58. The van der Waals surface area contributed by atoms with Gasteiger partial charge < -0.3 is 10.0 Å². The maximum atomic E-state index is 9.45. The number of fused-ring (bicyclic) bond motifs is 1. The molecule has 0 unspecified atom stereocenters. The summed E-state index contributed by atoms with van der Waals surface area (Å²) in [4.78, 5) is 11.3. The Balaban J connectivity index is 1.97. The topological polar surface area (TPSA) is 49.2 Å².